The van der Waals surface area contributed by atoms with Crippen LogP contribution in [0, 0.1) is 6.92 Å². The minimum absolute atomic E-state index is 0.193. The quantitative estimate of drug-likeness (QED) is 0.913. The number of carbonyl (C=O) groups is 1. The van der Waals surface area contributed by atoms with Crippen LogP contribution in [0.15, 0.2) is 41.4 Å². The van der Waals surface area contributed by atoms with E-state index in [9.17, 15) is 13.2 Å². The third-order valence-electron chi connectivity index (χ3n) is 3.74. The molecule has 0 radical (unpaired) electrons. The molecule has 0 aliphatic carbocycles. The molecular weight excluding hydrogens is 314 g/mol. The van der Waals surface area contributed by atoms with Crippen molar-refractivity contribution in [2.75, 3.05) is 26.2 Å². The molecule has 1 saturated heterocycles. The summed E-state index contributed by atoms with van der Waals surface area (Å²) in [6.07, 6.45) is 4.33. The minimum Gasteiger partial charge on any atom is -0.322 e. The number of piperazine rings is 1. The Labute approximate surface area is 137 Å². The average Bonchev–Trinajstić information content (AvgIpc) is 2.55. The zero-order valence-corrected chi connectivity index (χ0v) is 14.3. The number of benzene rings is 1. The normalized spacial score (nSPS) is 16.7. The molecule has 7 heteroatoms. The summed E-state index contributed by atoms with van der Waals surface area (Å²) in [5.74, 6) is 0. The zero-order valence-electron chi connectivity index (χ0n) is 13.5. The molecule has 1 aromatic carbocycles. The smallest absolute Gasteiger partial charge is 0.321 e. The number of sulfonamides is 1. The van der Waals surface area contributed by atoms with Crippen LogP contribution in [0.25, 0.3) is 0 Å². The highest BCUT2D eigenvalue weighted by atomic mass is 32.2. The molecule has 1 aliphatic heterocycles. The Morgan fingerprint density at radius 2 is 1.78 bits per heavy atom. The molecule has 1 fully saturated rings. The molecule has 0 atom stereocenters. The molecule has 0 unspecified atom stereocenters. The monoisotopic (exact) mass is 337 g/mol. The maximum atomic E-state index is 12.6. The topological polar surface area (TPSA) is 69.7 Å². The lowest BCUT2D eigenvalue weighted by atomic mass is 10.2. The molecule has 1 heterocycles. The Kier molecular flexibility index (Phi) is 5.79. The fourth-order valence-corrected chi connectivity index (χ4v) is 3.75. The molecule has 6 nitrogen and oxygen atoms in total. The maximum Gasteiger partial charge on any atom is 0.321 e. The van der Waals surface area contributed by atoms with E-state index in [0.717, 1.165) is 12.0 Å². The molecule has 1 aromatic rings. The molecule has 1 aliphatic rings. The van der Waals surface area contributed by atoms with Crippen molar-refractivity contribution in [3.05, 3.63) is 42.1 Å². The summed E-state index contributed by atoms with van der Waals surface area (Å²) >= 11 is 0. The van der Waals surface area contributed by atoms with E-state index < -0.39 is 10.0 Å². The largest absolute Gasteiger partial charge is 0.322 e. The van der Waals surface area contributed by atoms with Gasteiger partial charge in [-0.1, -0.05) is 30.7 Å². The van der Waals surface area contributed by atoms with E-state index in [1.54, 1.807) is 35.4 Å². The Morgan fingerprint density at radius 3 is 2.35 bits per heavy atom. The molecule has 2 amide bonds. The number of aryl methyl sites for hydroxylation is 1. The van der Waals surface area contributed by atoms with Gasteiger partial charge in [-0.05, 0) is 25.5 Å². The molecule has 2 rings (SSSR count). The van der Waals surface area contributed by atoms with Crippen LogP contribution in [0.1, 0.15) is 18.9 Å². The first kappa shape index (κ1) is 17.5. The lowest BCUT2D eigenvalue weighted by Gasteiger charge is -2.33. The SMILES string of the molecule is CC/C=C/NC(=O)N1CCN(S(=O)(=O)c2ccc(C)cc2)CC1. The van der Waals surface area contributed by atoms with Gasteiger partial charge in [0.2, 0.25) is 10.0 Å². The summed E-state index contributed by atoms with van der Waals surface area (Å²) < 4.78 is 26.6. The van der Waals surface area contributed by atoms with Gasteiger partial charge in [-0.3, -0.25) is 0 Å². The number of urea groups is 1. The van der Waals surface area contributed by atoms with Crippen molar-refractivity contribution in [1.82, 2.24) is 14.5 Å². The number of nitrogens with one attached hydrogen (secondary N) is 1. The van der Waals surface area contributed by atoms with Crippen LogP contribution in [-0.2, 0) is 10.0 Å². The summed E-state index contributed by atoms with van der Waals surface area (Å²) in [5.41, 5.74) is 1.02. The predicted molar refractivity (Wildman–Crippen MR) is 89.5 cm³/mol. The second kappa shape index (κ2) is 7.61. The number of hydrogen-bond donors (Lipinski definition) is 1. The number of allylic oxidation sites excluding steroid dienone is 1. The average molecular weight is 337 g/mol. The number of hydrogen-bond acceptors (Lipinski definition) is 3. The zero-order chi connectivity index (χ0) is 16.9. The van der Waals surface area contributed by atoms with Gasteiger partial charge in [0.25, 0.3) is 0 Å². The highest BCUT2D eigenvalue weighted by Crippen LogP contribution is 2.18. The maximum absolute atomic E-state index is 12.6. The lowest BCUT2D eigenvalue weighted by Crippen LogP contribution is -2.52. The van der Waals surface area contributed by atoms with E-state index in [0.29, 0.717) is 31.1 Å². The van der Waals surface area contributed by atoms with Gasteiger partial charge >= 0.3 is 6.03 Å². The van der Waals surface area contributed by atoms with E-state index in [1.807, 2.05) is 19.9 Å². The van der Waals surface area contributed by atoms with Crippen LogP contribution in [0.3, 0.4) is 0 Å². The second-order valence-corrected chi connectivity index (χ2v) is 7.40. The van der Waals surface area contributed by atoms with Crippen LogP contribution < -0.4 is 5.32 Å². The van der Waals surface area contributed by atoms with Gasteiger partial charge in [-0.2, -0.15) is 4.31 Å². The van der Waals surface area contributed by atoms with E-state index in [2.05, 4.69) is 5.32 Å². The summed E-state index contributed by atoms with van der Waals surface area (Å²) in [4.78, 5) is 13.9. The summed E-state index contributed by atoms with van der Waals surface area (Å²) in [5, 5.41) is 2.68. The van der Waals surface area contributed by atoms with Gasteiger partial charge < -0.3 is 10.2 Å². The first-order valence-electron chi connectivity index (χ1n) is 7.72. The van der Waals surface area contributed by atoms with Crippen molar-refractivity contribution >= 4 is 16.1 Å². The fourth-order valence-electron chi connectivity index (χ4n) is 2.33. The molecule has 0 aromatic heterocycles. The van der Waals surface area contributed by atoms with Crippen molar-refractivity contribution in [3.63, 3.8) is 0 Å². The van der Waals surface area contributed by atoms with E-state index in [1.165, 1.54) is 4.31 Å². The third-order valence-corrected chi connectivity index (χ3v) is 5.66. The van der Waals surface area contributed by atoms with Gasteiger partial charge in [0.15, 0.2) is 0 Å². The summed E-state index contributed by atoms with van der Waals surface area (Å²) in [6.45, 7) is 5.29. The molecule has 0 bridgehead atoms. The fraction of sp³-hybridized carbons (Fsp3) is 0.438. The Morgan fingerprint density at radius 1 is 1.17 bits per heavy atom. The minimum atomic E-state index is -3.49. The van der Waals surface area contributed by atoms with Gasteiger partial charge in [-0.25, -0.2) is 13.2 Å². The third kappa shape index (κ3) is 4.33. The molecule has 1 N–H and O–H groups in total. The Bertz CT molecular complexity index is 660. The van der Waals surface area contributed by atoms with Gasteiger partial charge in [0, 0.05) is 32.4 Å². The molecule has 0 spiro atoms. The van der Waals surface area contributed by atoms with Crippen molar-refractivity contribution in [3.8, 4) is 0 Å². The van der Waals surface area contributed by atoms with Crippen molar-refractivity contribution in [2.45, 2.75) is 25.2 Å². The van der Waals surface area contributed by atoms with Gasteiger partial charge in [-0.15, -0.1) is 0 Å². The van der Waals surface area contributed by atoms with E-state index in [4.69, 9.17) is 0 Å². The van der Waals surface area contributed by atoms with Crippen LogP contribution in [-0.4, -0.2) is 49.8 Å². The first-order valence-corrected chi connectivity index (χ1v) is 9.16. The summed E-state index contributed by atoms with van der Waals surface area (Å²) in [7, 11) is -3.49. The summed E-state index contributed by atoms with van der Waals surface area (Å²) in [6, 6.07) is 6.63. The molecular formula is C16H23N3O3S. The van der Waals surface area contributed by atoms with Crippen LogP contribution in [0.2, 0.25) is 0 Å². The number of nitrogens with zero attached hydrogens (tertiary/aromatic N) is 2. The van der Waals surface area contributed by atoms with Crippen molar-refractivity contribution in [1.29, 1.82) is 0 Å². The van der Waals surface area contributed by atoms with Crippen LogP contribution in [0.4, 0.5) is 4.79 Å². The molecule has 126 valence electrons. The van der Waals surface area contributed by atoms with Gasteiger partial charge in [0.05, 0.1) is 4.90 Å². The lowest BCUT2D eigenvalue weighted by molar-refractivity contribution is 0.175. The van der Waals surface area contributed by atoms with Crippen LogP contribution in [0.5, 0.6) is 0 Å². The predicted octanol–water partition coefficient (Wildman–Crippen LogP) is 1.93. The Balaban J connectivity index is 1.97. The first-order chi connectivity index (χ1) is 10.9. The number of rotatable bonds is 4. The molecule has 23 heavy (non-hydrogen) atoms. The van der Waals surface area contributed by atoms with E-state index >= 15 is 0 Å². The second-order valence-electron chi connectivity index (χ2n) is 5.46. The van der Waals surface area contributed by atoms with Gasteiger partial charge in [0.1, 0.15) is 0 Å². The van der Waals surface area contributed by atoms with Crippen molar-refractivity contribution < 1.29 is 13.2 Å². The standard InChI is InChI=1S/C16H23N3O3S/c1-3-4-9-17-16(20)18-10-12-19(13-11-18)23(21,22)15-7-5-14(2)6-8-15/h4-9H,3,10-13H2,1-2H3,(H,17,20)/b9-4+. The number of amides is 2. The molecule has 0 saturated carbocycles. The van der Waals surface area contributed by atoms with Crippen LogP contribution >= 0.6 is 0 Å². The van der Waals surface area contributed by atoms with Crippen molar-refractivity contribution in [2.24, 2.45) is 0 Å². The number of carbonyl (C=O) groups excluding carboxylic acids is 1. The Hall–Kier alpha value is -1.86. The highest BCUT2D eigenvalue weighted by molar-refractivity contribution is 7.89. The van der Waals surface area contributed by atoms with E-state index in [-0.39, 0.29) is 6.03 Å². The highest BCUT2D eigenvalue weighted by Gasteiger charge is 2.29.